The van der Waals surface area contributed by atoms with E-state index in [9.17, 15) is 14.3 Å². The van der Waals surface area contributed by atoms with Crippen LogP contribution in [-0.2, 0) is 0 Å². The van der Waals surface area contributed by atoms with Gasteiger partial charge in [0.15, 0.2) is 0 Å². The third kappa shape index (κ3) is 2.65. The molecule has 0 aliphatic rings. The summed E-state index contributed by atoms with van der Waals surface area (Å²) in [6.45, 7) is 0. The van der Waals surface area contributed by atoms with Crippen molar-refractivity contribution in [3.63, 3.8) is 0 Å². The minimum atomic E-state index is -1.07. The molecule has 112 valence electrons. The Bertz CT molecular complexity index is 864. The Morgan fingerprint density at radius 2 is 2.18 bits per heavy atom. The molecule has 1 heterocycles. The second-order valence-electron chi connectivity index (χ2n) is 4.51. The molecule has 0 saturated carbocycles. The van der Waals surface area contributed by atoms with E-state index < -0.39 is 11.8 Å². The predicted molar refractivity (Wildman–Crippen MR) is 88.0 cm³/mol. The van der Waals surface area contributed by atoms with Crippen LogP contribution in [0.15, 0.2) is 41.4 Å². The van der Waals surface area contributed by atoms with Gasteiger partial charge in [0.1, 0.15) is 5.82 Å². The van der Waals surface area contributed by atoms with E-state index in [0.717, 1.165) is 10.3 Å². The number of halogens is 1. The minimum absolute atomic E-state index is 0.0880. The lowest BCUT2D eigenvalue weighted by Crippen LogP contribution is -2.03. The molecule has 0 radical (unpaired) electrons. The van der Waals surface area contributed by atoms with Crippen LogP contribution in [0.2, 0.25) is 0 Å². The zero-order chi connectivity index (χ0) is 15.7. The van der Waals surface area contributed by atoms with E-state index in [-0.39, 0.29) is 11.3 Å². The molecule has 0 amide bonds. The Morgan fingerprint density at radius 1 is 1.36 bits per heavy atom. The molecular weight excluding hydrogens is 323 g/mol. The van der Waals surface area contributed by atoms with Crippen molar-refractivity contribution in [3.8, 4) is 0 Å². The third-order valence-corrected chi connectivity index (χ3v) is 4.75. The van der Waals surface area contributed by atoms with E-state index in [4.69, 9.17) is 0 Å². The smallest absolute Gasteiger partial charge is 0.337 e. The predicted octanol–water partition coefficient (Wildman–Crippen LogP) is 4.60. The van der Waals surface area contributed by atoms with Gasteiger partial charge in [0.25, 0.3) is 0 Å². The molecule has 2 N–H and O–H groups in total. The summed E-state index contributed by atoms with van der Waals surface area (Å²) in [7, 11) is 0. The fourth-order valence-electron chi connectivity index (χ4n) is 2.10. The Labute approximate surface area is 134 Å². The first-order chi connectivity index (χ1) is 10.6. The number of nitrogens with one attached hydrogen (secondary N) is 1. The first-order valence-electron chi connectivity index (χ1n) is 6.31. The number of anilines is 2. The second kappa shape index (κ2) is 5.94. The molecule has 1 aromatic heterocycles. The minimum Gasteiger partial charge on any atom is -0.478 e. The fraction of sp³-hybridized carbons (Fsp3) is 0.0667. The lowest BCUT2D eigenvalue weighted by atomic mass is 10.1. The molecule has 0 bridgehead atoms. The van der Waals surface area contributed by atoms with Gasteiger partial charge in [0.05, 0.1) is 21.6 Å². The SMILES string of the molecule is CSc1ccc(Nc2c(C(=O)O)ccc3cnsc23)c(F)c1. The summed E-state index contributed by atoms with van der Waals surface area (Å²) in [6, 6.07) is 7.99. The number of carboxylic acid groups (broad SMARTS) is 1. The molecule has 0 spiro atoms. The summed E-state index contributed by atoms with van der Waals surface area (Å²) in [6.07, 6.45) is 3.52. The molecular formula is C15H11FN2O2S2. The van der Waals surface area contributed by atoms with E-state index in [2.05, 4.69) is 9.69 Å². The molecule has 7 heteroatoms. The van der Waals surface area contributed by atoms with Gasteiger partial charge < -0.3 is 10.4 Å². The van der Waals surface area contributed by atoms with Crippen molar-refractivity contribution in [2.75, 3.05) is 11.6 Å². The van der Waals surface area contributed by atoms with Crippen LogP contribution in [0.25, 0.3) is 10.1 Å². The summed E-state index contributed by atoms with van der Waals surface area (Å²) < 4.78 is 18.9. The van der Waals surface area contributed by atoms with Gasteiger partial charge in [-0.15, -0.1) is 11.8 Å². The topological polar surface area (TPSA) is 62.2 Å². The lowest BCUT2D eigenvalue weighted by molar-refractivity contribution is 0.0698. The molecule has 0 fully saturated rings. The van der Waals surface area contributed by atoms with Crippen molar-refractivity contribution in [2.45, 2.75) is 4.90 Å². The fourth-order valence-corrected chi connectivity index (χ4v) is 3.27. The summed E-state index contributed by atoms with van der Waals surface area (Å²) in [4.78, 5) is 12.2. The standard InChI is InChI=1S/C15H11FN2O2S2/c1-21-9-3-5-12(11(16)6-9)18-13-10(15(19)20)4-2-8-7-17-22-14(8)13/h2-7,18H,1H3,(H,19,20). The van der Waals surface area contributed by atoms with E-state index in [1.807, 2.05) is 6.26 Å². The van der Waals surface area contributed by atoms with E-state index >= 15 is 0 Å². The van der Waals surface area contributed by atoms with Crippen molar-refractivity contribution in [2.24, 2.45) is 0 Å². The van der Waals surface area contributed by atoms with Crippen LogP contribution in [0.1, 0.15) is 10.4 Å². The first-order valence-corrected chi connectivity index (χ1v) is 8.31. The van der Waals surface area contributed by atoms with Crippen molar-refractivity contribution in [3.05, 3.63) is 47.9 Å². The highest BCUT2D eigenvalue weighted by atomic mass is 32.2. The average Bonchev–Trinajstić information content (AvgIpc) is 2.98. The number of hydrogen-bond acceptors (Lipinski definition) is 5. The zero-order valence-electron chi connectivity index (χ0n) is 11.5. The maximum Gasteiger partial charge on any atom is 0.337 e. The quantitative estimate of drug-likeness (QED) is 0.683. The van der Waals surface area contributed by atoms with Crippen LogP contribution in [0.3, 0.4) is 0 Å². The molecule has 3 aromatic rings. The number of aromatic carboxylic acids is 1. The van der Waals surface area contributed by atoms with Gasteiger partial charge in [-0.1, -0.05) is 6.07 Å². The Hall–Kier alpha value is -2.12. The Morgan fingerprint density at radius 3 is 2.86 bits per heavy atom. The number of thioether (sulfide) groups is 1. The molecule has 3 rings (SSSR count). The van der Waals surface area contributed by atoms with Crippen LogP contribution >= 0.6 is 23.3 Å². The Kier molecular flexibility index (Phi) is 4.00. The number of rotatable bonds is 4. The molecule has 4 nitrogen and oxygen atoms in total. The maximum absolute atomic E-state index is 14.1. The van der Waals surface area contributed by atoms with Gasteiger partial charge in [0.2, 0.25) is 0 Å². The monoisotopic (exact) mass is 334 g/mol. The van der Waals surface area contributed by atoms with Crippen LogP contribution < -0.4 is 5.32 Å². The average molecular weight is 334 g/mol. The number of carbonyl (C=O) groups is 1. The van der Waals surface area contributed by atoms with Crippen molar-refractivity contribution in [1.29, 1.82) is 0 Å². The highest BCUT2D eigenvalue weighted by molar-refractivity contribution is 7.98. The normalized spacial score (nSPS) is 10.8. The highest BCUT2D eigenvalue weighted by Gasteiger charge is 2.16. The molecule has 0 aliphatic carbocycles. The van der Waals surface area contributed by atoms with E-state index in [1.165, 1.54) is 35.4 Å². The van der Waals surface area contributed by atoms with Crippen molar-refractivity contribution in [1.82, 2.24) is 4.37 Å². The third-order valence-electron chi connectivity index (χ3n) is 3.19. The van der Waals surface area contributed by atoms with Crippen LogP contribution in [0.4, 0.5) is 15.8 Å². The molecule has 0 atom stereocenters. The molecule has 0 aliphatic heterocycles. The number of hydrogen-bond donors (Lipinski definition) is 2. The number of benzene rings is 2. The van der Waals surface area contributed by atoms with Crippen molar-refractivity contribution < 1.29 is 14.3 Å². The molecule has 0 saturated heterocycles. The van der Waals surface area contributed by atoms with Gasteiger partial charge in [-0.2, -0.15) is 4.37 Å². The summed E-state index contributed by atoms with van der Waals surface area (Å²) in [5.41, 5.74) is 0.689. The summed E-state index contributed by atoms with van der Waals surface area (Å²) in [5.74, 6) is -1.50. The van der Waals surface area contributed by atoms with E-state index in [0.29, 0.717) is 10.4 Å². The maximum atomic E-state index is 14.1. The largest absolute Gasteiger partial charge is 0.478 e. The van der Waals surface area contributed by atoms with Gasteiger partial charge >= 0.3 is 5.97 Å². The van der Waals surface area contributed by atoms with E-state index in [1.54, 1.807) is 24.4 Å². The number of aromatic nitrogens is 1. The van der Waals surface area contributed by atoms with Gasteiger partial charge in [-0.25, -0.2) is 9.18 Å². The first kappa shape index (κ1) is 14.8. The molecule has 0 unspecified atom stereocenters. The Balaban J connectivity index is 2.11. The van der Waals surface area contributed by atoms with Crippen LogP contribution in [-0.4, -0.2) is 21.7 Å². The zero-order valence-corrected chi connectivity index (χ0v) is 13.1. The van der Waals surface area contributed by atoms with Crippen LogP contribution in [0, 0.1) is 5.82 Å². The second-order valence-corrected chi connectivity index (χ2v) is 6.19. The number of carboxylic acids is 1. The highest BCUT2D eigenvalue weighted by Crippen LogP contribution is 2.34. The van der Waals surface area contributed by atoms with Crippen LogP contribution in [0.5, 0.6) is 0 Å². The van der Waals surface area contributed by atoms with Crippen molar-refractivity contribution >= 4 is 50.7 Å². The summed E-state index contributed by atoms with van der Waals surface area (Å²) >= 11 is 2.62. The molecule has 2 aromatic carbocycles. The number of fused-ring (bicyclic) bond motifs is 1. The number of nitrogens with zero attached hydrogens (tertiary/aromatic N) is 1. The van der Waals surface area contributed by atoms with Gasteiger partial charge in [-0.3, -0.25) is 0 Å². The summed E-state index contributed by atoms with van der Waals surface area (Å²) in [5, 5.41) is 13.1. The van der Waals surface area contributed by atoms with Gasteiger partial charge in [0, 0.05) is 16.5 Å². The lowest BCUT2D eigenvalue weighted by Gasteiger charge is -2.12. The molecule has 22 heavy (non-hydrogen) atoms. The van der Waals surface area contributed by atoms with Gasteiger partial charge in [-0.05, 0) is 42.1 Å².